The van der Waals surface area contributed by atoms with Crippen LogP contribution in [0.2, 0.25) is 0 Å². The number of hydrogen-bond acceptors (Lipinski definition) is 4. The Balaban J connectivity index is 2.00. The van der Waals surface area contributed by atoms with Gasteiger partial charge in [-0.2, -0.15) is 0 Å². The van der Waals surface area contributed by atoms with Crippen LogP contribution in [0, 0.1) is 0 Å². The summed E-state index contributed by atoms with van der Waals surface area (Å²) in [6, 6.07) is 5.09. The predicted molar refractivity (Wildman–Crippen MR) is 86.0 cm³/mol. The van der Waals surface area contributed by atoms with E-state index in [0.717, 1.165) is 10.5 Å². The Labute approximate surface area is 135 Å². The van der Waals surface area contributed by atoms with E-state index in [1.165, 1.54) is 0 Å². The number of aromatic hydroxyl groups is 1. The SMILES string of the molecule is CC(C)(C)c1ccc(O)c(NC(=O)CCN2C(=O)CCC2=O)c1. The summed E-state index contributed by atoms with van der Waals surface area (Å²) < 4.78 is 0. The fraction of sp³-hybridized carbons (Fsp3) is 0.471. The largest absolute Gasteiger partial charge is 0.506 e. The average Bonchev–Trinajstić information content (AvgIpc) is 2.77. The van der Waals surface area contributed by atoms with Crippen molar-refractivity contribution in [3.05, 3.63) is 23.8 Å². The molecule has 0 unspecified atom stereocenters. The molecule has 3 amide bonds. The Kier molecular flexibility index (Phi) is 4.73. The zero-order chi connectivity index (χ0) is 17.2. The van der Waals surface area contributed by atoms with Crippen LogP contribution < -0.4 is 5.32 Å². The van der Waals surface area contributed by atoms with E-state index in [2.05, 4.69) is 5.32 Å². The van der Waals surface area contributed by atoms with Crippen molar-refractivity contribution >= 4 is 23.4 Å². The lowest BCUT2D eigenvalue weighted by Gasteiger charge is -2.20. The van der Waals surface area contributed by atoms with Crippen molar-refractivity contribution in [1.82, 2.24) is 4.90 Å². The normalized spacial score (nSPS) is 15.2. The van der Waals surface area contributed by atoms with Crippen LogP contribution in [-0.2, 0) is 19.8 Å². The van der Waals surface area contributed by atoms with E-state index >= 15 is 0 Å². The lowest BCUT2D eigenvalue weighted by molar-refractivity contribution is -0.138. The number of carbonyl (C=O) groups excluding carboxylic acids is 3. The second kappa shape index (κ2) is 6.40. The number of imide groups is 1. The molecular formula is C17H22N2O4. The highest BCUT2D eigenvalue weighted by Gasteiger charge is 2.28. The molecule has 1 aromatic carbocycles. The summed E-state index contributed by atoms with van der Waals surface area (Å²) in [6.07, 6.45) is 0.445. The number of anilines is 1. The number of phenols is 1. The van der Waals surface area contributed by atoms with Crippen LogP contribution in [0.15, 0.2) is 18.2 Å². The van der Waals surface area contributed by atoms with Crippen molar-refractivity contribution in [2.45, 2.75) is 45.4 Å². The summed E-state index contributed by atoms with van der Waals surface area (Å²) in [7, 11) is 0. The molecular weight excluding hydrogens is 296 g/mol. The molecule has 1 fully saturated rings. The van der Waals surface area contributed by atoms with Gasteiger partial charge in [0.1, 0.15) is 5.75 Å². The molecule has 0 radical (unpaired) electrons. The van der Waals surface area contributed by atoms with Crippen LogP contribution in [-0.4, -0.2) is 34.3 Å². The van der Waals surface area contributed by atoms with Gasteiger partial charge in [-0.25, -0.2) is 0 Å². The van der Waals surface area contributed by atoms with E-state index < -0.39 is 0 Å². The van der Waals surface area contributed by atoms with Gasteiger partial charge in [0.2, 0.25) is 17.7 Å². The third-order valence-corrected chi connectivity index (χ3v) is 3.85. The minimum atomic E-state index is -0.348. The van der Waals surface area contributed by atoms with Crippen molar-refractivity contribution in [3.8, 4) is 5.75 Å². The molecule has 0 spiro atoms. The van der Waals surface area contributed by atoms with Crippen LogP contribution in [0.5, 0.6) is 5.75 Å². The monoisotopic (exact) mass is 318 g/mol. The highest BCUT2D eigenvalue weighted by atomic mass is 16.3. The summed E-state index contributed by atoms with van der Waals surface area (Å²) in [5.74, 6) is -0.834. The van der Waals surface area contributed by atoms with E-state index in [0.29, 0.717) is 5.69 Å². The second-order valence-corrected chi connectivity index (χ2v) is 6.72. The summed E-state index contributed by atoms with van der Waals surface area (Å²) in [5, 5.41) is 12.5. The molecule has 0 saturated carbocycles. The van der Waals surface area contributed by atoms with Gasteiger partial charge in [0, 0.05) is 25.8 Å². The van der Waals surface area contributed by atoms with E-state index in [1.807, 2.05) is 26.8 Å². The summed E-state index contributed by atoms with van der Waals surface area (Å²) in [4.78, 5) is 36.1. The third-order valence-electron chi connectivity index (χ3n) is 3.85. The highest BCUT2D eigenvalue weighted by Crippen LogP contribution is 2.30. The van der Waals surface area contributed by atoms with Gasteiger partial charge in [-0.1, -0.05) is 26.8 Å². The number of phenolic OH excluding ortho intramolecular Hbond substituents is 1. The fourth-order valence-corrected chi connectivity index (χ4v) is 2.40. The fourth-order valence-electron chi connectivity index (χ4n) is 2.40. The van der Waals surface area contributed by atoms with Gasteiger partial charge >= 0.3 is 0 Å². The molecule has 6 nitrogen and oxygen atoms in total. The lowest BCUT2D eigenvalue weighted by atomic mass is 9.87. The first-order chi connectivity index (χ1) is 10.7. The summed E-state index contributed by atoms with van der Waals surface area (Å²) >= 11 is 0. The Bertz CT molecular complexity index is 630. The Morgan fingerprint density at radius 3 is 2.39 bits per heavy atom. The maximum atomic E-state index is 12.0. The van der Waals surface area contributed by atoms with Gasteiger partial charge in [0.05, 0.1) is 5.69 Å². The average molecular weight is 318 g/mol. The van der Waals surface area contributed by atoms with Gasteiger partial charge in [-0.3, -0.25) is 19.3 Å². The van der Waals surface area contributed by atoms with E-state index in [4.69, 9.17) is 0 Å². The molecule has 1 aliphatic heterocycles. The molecule has 0 aliphatic carbocycles. The Hall–Kier alpha value is -2.37. The number of carbonyl (C=O) groups is 3. The second-order valence-electron chi connectivity index (χ2n) is 6.72. The molecule has 0 bridgehead atoms. The quantitative estimate of drug-likeness (QED) is 0.658. The molecule has 1 saturated heterocycles. The molecule has 1 aliphatic rings. The minimum Gasteiger partial charge on any atom is -0.506 e. The number of likely N-dealkylation sites (tertiary alicyclic amines) is 1. The minimum absolute atomic E-state index is 0.0106. The third kappa shape index (κ3) is 4.09. The number of rotatable bonds is 4. The first-order valence-electron chi connectivity index (χ1n) is 7.65. The topological polar surface area (TPSA) is 86.7 Å². The van der Waals surface area contributed by atoms with E-state index in [1.54, 1.807) is 12.1 Å². The van der Waals surface area contributed by atoms with Crippen LogP contribution in [0.3, 0.4) is 0 Å². The van der Waals surface area contributed by atoms with Crippen LogP contribution in [0.25, 0.3) is 0 Å². The molecule has 1 aromatic rings. The van der Waals surface area contributed by atoms with Gasteiger partial charge in [0.25, 0.3) is 0 Å². The lowest BCUT2D eigenvalue weighted by Crippen LogP contribution is -2.32. The van der Waals surface area contributed by atoms with Crippen LogP contribution in [0.1, 0.15) is 45.6 Å². The zero-order valence-corrected chi connectivity index (χ0v) is 13.7. The van der Waals surface area contributed by atoms with E-state index in [9.17, 15) is 19.5 Å². The number of nitrogens with one attached hydrogen (secondary N) is 1. The molecule has 2 N–H and O–H groups in total. The molecule has 124 valence electrons. The van der Waals surface area contributed by atoms with Gasteiger partial charge < -0.3 is 10.4 Å². The van der Waals surface area contributed by atoms with Gasteiger partial charge in [-0.05, 0) is 23.1 Å². The van der Waals surface area contributed by atoms with Crippen LogP contribution in [0.4, 0.5) is 5.69 Å². The van der Waals surface area contributed by atoms with Gasteiger partial charge in [0.15, 0.2) is 0 Å². The maximum absolute atomic E-state index is 12.0. The van der Waals surface area contributed by atoms with Crippen molar-refractivity contribution in [2.75, 3.05) is 11.9 Å². The molecule has 23 heavy (non-hydrogen) atoms. The standard InChI is InChI=1S/C17H22N2O4/c1-17(2,3)11-4-5-13(20)12(10-11)18-14(21)8-9-19-15(22)6-7-16(19)23/h4-5,10,20H,6-9H2,1-3H3,(H,18,21). The van der Waals surface area contributed by atoms with Crippen molar-refractivity contribution < 1.29 is 19.5 Å². The Morgan fingerprint density at radius 1 is 1.22 bits per heavy atom. The molecule has 2 rings (SSSR count). The molecule has 0 aromatic heterocycles. The summed E-state index contributed by atoms with van der Waals surface area (Å²) in [6.45, 7) is 6.18. The van der Waals surface area contributed by atoms with Crippen molar-refractivity contribution in [3.63, 3.8) is 0 Å². The highest BCUT2D eigenvalue weighted by molar-refractivity contribution is 6.02. The zero-order valence-electron chi connectivity index (χ0n) is 13.7. The Morgan fingerprint density at radius 2 is 1.83 bits per heavy atom. The molecule has 6 heteroatoms. The van der Waals surface area contributed by atoms with E-state index in [-0.39, 0.29) is 54.7 Å². The number of nitrogens with zero attached hydrogens (tertiary/aromatic N) is 1. The maximum Gasteiger partial charge on any atom is 0.229 e. The predicted octanol–water partition coefficient (Wildman–Crippen LogP) is 2.17. The van der Waals surface area contributed by atoms with Crippen molar-refractivity contribution in [1.29, 1.82) is 0 Å². The number of amides is 3. The number of benzene rings is 1. The van der Waals surface area contributed by atoms with Gasteiger partial charge in [-0.15, -0.1) is 0 Å². The smallest absolute Gasteiger partial charge is 0.229 e. The van der Waals surface area contributed by atoms with Crippen molar-refractivity contribution in [2.24, 2.45) is 0 Å². The molecule has 1 heterocycles. The number of hydrogen-bond donors (Lipinski definition) is 2. The molecule has 0 atom stereocenters. The summed E-state index contributed by atoms with van der Waals surface area (Å²) in [5.41, 5.74) is 1.21. The van der Waals surface area contributed by atoms with Crippen LogP contribution >= 0.6 is 0 Å². The first-order valence-corrected chi connectivity index (χ1v) is 7.65. The first kappa shape index (κ1) is 17.0.